The van der Waals surface area contributed by atoms with Crippen LogP contribution in [0.25, 0.3) is 0 Å². The zero-order valence-corrected chi connectivity index (χ0v) is 13.0. The molecule has 1 aromatic heterocycles. The van der Waals surface area contributed by atoms with Crippen molar-refractivity contribution in [2.24, 2.45) is 0 Å². The third-order valence-electron chi connectivity index (χ3n) is 3.77. The van der Waals surface area contributed by atoms with Crippen molar-refractivity contribution in [3.05, 3.63) is 58.9 Å². The van der Waals surface area contributed by atoms with Gasteiger partial charge in [-0.2, -0.15) is 0 Å². The van der Waals surface area contributed by atoms with E-state index in [4.69, 9.17) is 11.6 Å². The van der Waals surface area contributed by atoms with Crippen LogP contribution in [0.4, 0.5) is 5.69 Å². The summed E-state index contributed by atoms with van der Waals surface area (Å²) >= 11 is 6.06. The Morgan fingerprint density at radius 3 is 2.95 bits per heavy atom. The van der Waals surface area contributed by atoms with Crippen molar-refractivity contribution in [3.63, 3.8) is 0 Å². The van der Waals surface area contributed by atoms with E-state index >= 15 is 0 Å². The van der Waals surface area contributed by atoms with E-state index in [-0.39, 0.29) is 0 Å². The minimum atomic E-state index is 0.712. The Labute approximate surface area is 131 Å². The average molecular weight is 302 g/mol. The SMILES string of the molecule is CN(Cc1cccc(Cl)c1)c1cnccc1CNC1CC1. The Balaban J connectivity index is 1.72. The molecule has 0 unspecified atom stereocenters. The average Bonchev–Trinajstić information content (AvgIpc) is 3.29. The molecule has 110 valence electrons. The third kappa shape index (κ3) is 3.96. The van der Waals surface area contributed by atoms with Crippen LogP contribution in [0, 0.1) is 0 Å². The molecule has 0 amide bonds. The number of anilines is 1. The summed E-state index contributed by atoms with van der Waals surface area (Å²) in [5.41, 5.74) is 3.67. The molecule has 2 aromatic rings. The lowest BCUT2D eigenvalue weighted by molar-refractivity contribution is 0.684. The van der Waals surface area contributed by atoms with Crippen molar-refractivity contribution in [2.75, 3.05) is 11.9 Å². The van der Waals surface area contributed by atoms with Gasteiger partial charge in [-0.1, -0.05) is 23.7 Å². The van der Waals surface area contributed by atoms with Crippen LogP contribution in [-0.2, 0) is 13.1 Å². The van der Waals surface area contributed by atoms with Gasteiger partial charge in [0.1, 0.15) is 0 Å². The molecule has 3 nitrogen and oxygen atoms in total. The summed E-state index contributed by atoms with van der Waals surface area (Å²) in [7, 11) is 2.10. The number of nitrogens with one attached hydrogen (secondary N) is 1. The van der Waals surface area contributed by atoms with Gasteiger partial charge in [-0.3, -0.25) is 4.98 Å². The maximum absolute atomic E-state index is 6.06. The number of pyridine rings is 1. The summed E-state index contributed by atoms with van der Waals surface area (Å²) in [6.45, 7) is 1.73. The fourth-order valence-corrected chi connectivity index (χ4v) is 2.66. The van der Waals surface area contributed by atoms with Gasteiger partial charge in [0.05, 0.1) is 11.9 Å². The Morgan fingerprint density at radius 1 is 1.33 bits per heavy atom. The van der Waals surface area contributed by atoms with E-state index in [9.17, 15) is 0 Å². The third-order valence-corrected chi connectivity index (χ3v) is 4.00. The fraction of sp³-hybridized carbons (Fsp3) is 0.353. The molecule has 1 fully saturated rings. The van der Waals surface area contributed by atoms with Gasteiger partial charge >= 0.3 is 0 Å². The lowest BCUT2D eigenvalue weighted by atomic mass is 10.1. The van der Waals surface area contributed by atoms with Crippen LogP contribution < -0.4 is 10.2 Å². The standard InChI is InChI=1S/C17H20ClN3/c1-21(12-13-3-2-4-15(18)9-13)17-11-19-8-7-14(17)10-20-16-5-6-16/h2-4,7-9,11,16,20H,5-6,10,12H2,1H3. The molecule has 0 spiro atoms. The number of aromatic nitrogens is 1. The van der Waals surface area contributed by atoms with Crippen molar-refractivity contribution >= 4 is 17.3 Å². The Bertz CT molecular complexity index is 610. The van der Waals surface area contributed by atoms with Crippen LogP contribution in [0.5, 0.6) is 0 Å². The van der Waals surface area contributed by atoms with E-state index in [1.807, 2.05) is 30.6 Å². The largest absolute Gasteiger partial charge is 0.369 e. The molecule has 0 radical (unpaired) electrons. The van der Waals surface area contributed by atoms with E-state index in [1.165, 1.54) is 29.7 Å². The molecule has 0 saturated heterocycles. The van der Waals surface area contributed by atoms with Crippen LogP contribution >= 0.6 is 11.6 Å². The summed E-state index contributed by atoms with van der Waals surface area (Å²) < 4.78 is 0. The molecule has 4 heteroatoms. The highest BCUT2D eigenvalue weighted by Gasteiger charge is 2.20. The van der Waals surface area contributed by atoms with Gasteiger partial charge < -0.3 is 10.2 Å². The topological polar surface area (TPSA) is 28.2 Å². The van der Waals surface area contributed by atoms with E-state index < -0.39 is 0 Å². The number of rotatable bonds is 6. The van der Waals surface area contributed by atoms with Crippen molar-refractivity contribution < 1.29 is 0 Å². The minimum Gasteiger partial charge on any atom is -0.369 e. The molecule has 1 saturated carbocycles. The second-order valence-electron chi connectivity index (χ2n) is 5.65. The van der Waals surface area contributed by atoms with Gasteiger partial charge in [0.15, 0.2) is 0 Å². The van der Waals surface area contributed by atoms with E-state index in [2.05, 4.69) is 34.4 Å². The molecule has 1 N–H and O–H groups in total. The van der Waals surface area contributed by atoms with Crippen molar-refractivity contribution in [1.82, 2.24) is 10.3 Å². The van der Waals surface area contributed by atoms with Gasteiger partial charge in [0.2, 0.25) is 0 Å². The normalized spacial score (nSPS) is 14.2. The first kappa shape index (κ1) is 14.4. The molecular formula is C17H20ClN3. The predicted octanol–water partition coefficient (Wildman–Crippen LogP) is 3.62. The van der Waals surface area contributed by atoms with E-state index in [0.29, 0.717) is 6.04 Å². The summed E-state index contributed by atoms with van der Waals surface area (Å²) in [4.78, 5) is 6.50. The Kier molecular flexibility index (Phi) is 4.42. The number of halogens is 1. The second-order valence-corrected chi connectivity index (χ2v) is 6.08. The van der Waals surface area contributed by atoms with Gasteiger partial charge in [-0.25, -0.2) is 0 Å². The minimum absolute atomic E-state index is 0.712. The highest BCUT2D eigenvalue weighted by Crippen LogP contribution is 2.23. The molecule has 1 aliphatic carbocycles. The molecule has 21 heavy (non-hydrogen) atoms. The lowest BCUT2D eigenvalue weighted by Crippen LogP contribution is -2.21. The second kappa shape index (κ2) is 6.46. The van der Waals surface area contributed by atoms with Crippen LogP contribution in [-0.4, -0.2) is 18.1 Å². The molecule has 0 aliphatic heterocycles. The smallest absolute Gasteiger partial charge is 0.0598 e. The summed E-state index contributed by atoms with van der Waals surface area (Å²) in [6.07, 6.45) is 6.41. The van der Waals surface area contributed by atoms with Crippen LogP contribution in [0.3, 0.4) is 0 Å². The van der Waals surface area contributed by atoms with Crippen LogP contribution in [0.1, 0.15) is 24.0 Å². The van der Waals surface area contributed by atoms with Crippen molar-refractivity contribution in [3.8, 4) is 0 Å². The molecule has 1 aliphatic rings. The van der Waals surface area contributed by atoms with Crippen molar-refractivity contribution in [1.29, 1.82) is 0 Å². The number of hydrogen-bond donors (Lipinski definition) is 1. The highest BCUT2D eigenvalue weighted by atomic mass is 35.5. The Morgan fingerprint density at radius 2 is 2.19 bits per heavy atom. The van der Waals surface area contributed by atoms with Gasteiger partial charge in [0.25, 0.3) is 0 Å². The quantitative estimate of drug-likeness (QED) is 0.883. The number of hydrogen-bond acceptors (Lipinski definition) is 3. The molecule has 0 atom stereocenters. The zero-order chi connectivity index (χ0) is 14.7. The highest BCUT2D eigenvalue weighted by molar-refractivity contribution is 6.30. The summed E-state index contributed by atoms with van der Waals surface area (Å²) in [6, 6.07) is 10.8. The van der Waals surface area contributed by atoms with Crippen LogP contribution in [0.2, 0.25) is 5.02 Å². The summed E-state index contributed by atoms with van der Waals surface area (Å²) in [5.74, 6) is 0. The first-order valence-electron chi connectivity index (χ1n) is 7.34. The predicted molar refractivity (Wildman–Crippen MR) is 87.7 cm³/mol. The molecule has 0 bridgehead atoms. The zero-order valence-electron chi connectivity index (χ0n) is 12.2. The van der Waals surface area contributed by atoms with E-state index in [0.717, 1.165) is 18.1 Å². The molecule has 1 heterocycles. The molecule has 3 rings (SSSR count). The van der Waals surface area contributed by atoms with E-state index in [1.54, 1.807) is 0 Å². The Hall–Kier alpha value is -1.58. The molecular weight excluding hydrogens is 282 g/mol. The monoisotopic (exact) mass is 301 g/mol. The number of nitrogens with zero attached hydrogens (tertiary/aromatic N) is 2. The first-order chi connectivity index (χ1) is 10.2. The lowest BCUT2D eigenvalue weighted by Gasteiger charge is -2.22. The maximum Gasteiger partial charge on any atom is 0.0598 e. The van der Waals surface area contributed by atoms with Crippen LogP contribution in [0.15, 0.2) is 42.7 Å². The molecule has 1 aromatic carbocycles. The summed E-state index contributed by atoms with van der Waals surface area (Å²) in [5, 5.41) is 4.35. The first-order valence-corrected chi connectivity index (χ1v) is 7.72. The van der Waals surface area contributed by atoms with Gasteiger partial charge in [-0.05, 0) is 42.2 Å². The van der Waals surface area contributed by atoms with Crippen molar-refractivity contribution in [2.45, 2.75) is 32.0 Å². The van der Waals surface area contributed by atoms with Gasteiger partial charge in [0, 0.05) is 37.4 Å². The number of benzene rings is 1. The van der Waals surface area contributed by atoms with Gasteiger partial charge in [-0.15, -0.1) is 0 Å². The fourth-order valence-electron chi connectivity index (χ4n) is 2.44. The maximum atomic E-state index is 6.06.